The summed E-state index contributed by atoms with van der Waals surface area (Å²) in [5.74, 6) is 0.896. The fraction of sp³-hybridized carbons (Fsp3) is 0.200. The normalized spacial score (nSPS) is 11.1. The average molecular weight is 415 g/mol. The number of hydrogen-bond acceptors (Lipinski definition) is 6. The first kappa shape index (κ1) is 20.4. The molecule has 0 spiro atoms. The Morgan fingerprint density at radius 3 is 2.41 bits per heavy atom. The van der Waals surface area contributed by atoms with Gasteiger partial charge in [-0.25, -0.2) is 13.5 Å². The molecule has 0 radical (unpaired) electrons. The van der Waals surface area contributed by atoms with E-state index in [4.69, 9.17) is 9.47 Å². The summed E-state index contributed by atoms with van der Waals surface area (Å²) >= 11 is 0. The Morgan fingerprint density at radius 1 is 1.03 bits per heavy atom. The van der Waals surface area contributed by atoms with Crippen LogP contribution in [-0.4, -0.2) is 32.8 Å². The zero-order chi connectivity index (χ0) is 21.0. The molecule has 0 saturated heterocycles. The van der Waals surface area contributed by atoms with Gasteiger partial charge in [0.05, 0.1) is 30.5 Å². The molecule has 0 unspecified atom stereocenters. The van der Waals surface area contributed by atoms with Gasteiger partial charge in [-0.2, -0.15) is 5.10 Å². The van der Waals surface area contributed by atoms with E-state index in [0.717, 1.165) is 5.56 Å². The second-order valence-electron chi connectivity index (χ2n) is 6.36. The van der Waals surface area contributed by atoms with Gasteiger partial charge in [0.2, 0.25) is 0 Å². The van der Waals surface area contributed by atoms with Crippen LogP contribution < -0.4 is 19.8 Å². The predicted octanol–water partition coefficient (Wildman–Crippen LogP) is 2.49. The lowest BCUT2D eigenvalue weighted by Crippen LogP contribution is -2.15. The first-order valence-corrected chi connectivity index (χ1v) is 10.2. The van der Waals surface area contributed by atoms with E-state index in [-0.39, 0.29) is 10.5 Å². The molecule has 0 aliphatic heterocycles. The number of benzene rings is 2. The molecule has 0 aliphatic rings. The first-order chi connectivity index (χ1) is 13.8. The Hall–Kier alpha value is -3.33. The van der Waals surface area contributed by atoms with E-state index in [2.05, 4.69) is 14.9 Å². The van der Waals surface area contributed by atoms with Crippen LogP contribution >= 0.6 is 0 Å². The quantitative estimate of drug-likeness (QED) is 0.613. The van der Waals surface area contributed by atoms with Crippen LogP contribution in [0.4, 0.5) is 5.69 Å². The minimum atomic E-state index is -3.82. The molecule has 8 nitrogen and oxygen atoms in total. The highest BCUT2D eigenvalue weighted by Crippen LogP contribution is 2.30. The number of sulfonamides is 1. The minimum Gasteiger partial charge on any atom is -0.497 e. The number of methoxy groups -OCH3 is 2. The summed E-state index contributed by atoms with van der Waals surface area (Å²) in [6.45, 7) is 1.79. The van der Waals surface area contributed by atoms with Gasteiger partial charge in [0.1, 0.15) is 11.5 Å². The van der Waals surface area contributed by atoms with Gasteiger partial charge in [0, 0.05) is 18.1 Å². The summed E-state index contributed by atoms with van der Waals surface area (Å²) in [6, 6.07) is 12.9. The van der Waals surface area contributed by atoms with Crippen molar-refractivity contribution in [3.63, 3.8) is 0 Å². The third-order valence-electron chi connectivity index (χ3n) is 4.29. The smallest absolute Gasteiger partial charge is 0.267 e. The van der Waals surface area contributed by atoms with E-state index >= 15 is 0 Å². The van der Waals surface area contributed by atoms with Crippen molar-refractivity contribution < 1.29 is 17.9 Å². The molecule has 0 fully saturated rings. The van der Waals surface area contributed by atoms with Crippen molar-refractivity contribution in [1.29, 1.82) is 0 Å². The molecule has 2 aromatic carbocycles. The number of H-pyrrole nitrogens is 1. The average Bonchev–Trinajstić information content (AvgIpc) is 2.71. The molecule has 0 saturated carbocycles. The van der Waals surface area contributed by atoms with Gasteiger partial charge < -0.3 is 9.47 Å². The van der Waals surface area contributed by atoms with Crippen molar-refractivity contribution in [2.45, 2.75) is 18.2 Å². The largest absolute Gasteiger partial charge is 0.497 e. The van der Waals surface area contributed by atoms with Crippen molar-refractivity contribution in [2.75, 3.05) is 18.9 Å². The Morgan fingerprint density at radius 2 is 1.76 bits per heavy atom. The number of aromatic amines is 1. The molecule has 0 atom stereocenters. The minimum absolute atomic E-state index is 0.0962. The fourth-order valence-electron chi connectivity index (χ4n) is 2.78. The molecular weight excluding hydrogens is 394 g/mol. The van der Waals surface area contributed by atoms with Gasteiger partial charge in [-0.15, -0.1) is 0 Å². The Bertz CT molecular complexity index is 1170. The van der Waals surface area contributed by atoms with Gasteiger partial charge in [-0.3, -0.25) is 9.52 Å². The molecule has 1 aromatic heterocycles. The maximum absolute atomic E-state index is 12.7. The summed E-state index contributed by atoms with van der Waals surface area (Å²) in [5.41, 5.74) is 2.12. The van der Waals surface area contributed by atoms with Gasteiger partial charge in [0.25, 0.3) is 15.6 Å². The number of nitrogens with zero attached hydrogens (tertiary/aromatic N) is 1. The van der Waals surface area contributed by atoms with Crippen molar-refractivity contribution >= 4 is 15.7 Å². The molecule has 0 amide bonds. The highest BCUT2D eigenvalue weighted by Gasteiger charge is 2.17. The molecule has 2 N–H and O–H groups in total. The second kappa shape index (κ2) is 8.36. The Balaban J connectivity index is 1.81. The first-order valence-electron chi connectivity index (χ1n) is 8.71. The zero-order valence-corrected chi connectivity index (χ0v) is 17.0. The Labute approximate surface area is 168 Å². The van der Waals surface area contributed by atoms with Gasteiger partial charge in [-0.1, -0.05) is 12.1 Å². The molecule has 0 bridgehead atoms. The number of hydrogen-bond donors (Lipinski definition) is 2. The van der Waals surface area contributed by atoms with Crippen LogP contribution in [-0.2, 0) is 16.4 Å². The lowest BCUT2D eigenvalue weighted by Gasteiger charge is -2.13. The third kappa shape index (κ3) is 4.75. The molecular formula is C20H21N3O5S. The number of anilines is 1. The SMILES string of the molecule is COc1ccc(NS(=O)(=O)c2ccc(Cc3cc(C)n[nH]c3=O)cc2)c(OC)c1. The van der Waals surface area contributed by atoms with Crippen LogP contribution in [0.5, 0.6) is 11.5 Å². The molecule has 29 heavy (non-hydrogen) atoms. The molecule has 9 heteroatoms. The molecule has 0 aliphatic carbocycles. The maximum Gasteiger partial charge on any atom is 0.267 e. The van der Waals surface area contributed by atoms with Gasteiger partial charge in [-0.05, 0) is 42.8 Å². The highest BCUT2D eigenvalue weighted by atomic mass is 32.2. The third-order valence-corrected chi connectivity index (χ3v) is 5.67. The van der Waals surface area contributed by atoms with E-state index in [1.54, 1.807) is 43.3 Å². The van der Waals surface area contributed by atoms with Crippen molar-refractivity contribution in [1.82, 2.24) is 10.2 Å². The van der Waals surface area contributed by atoms with Crippen LogP contribution in [0.2, 0.25) is 0 Å². The number of aromatic nitrogens is 2. The lowest BCUT2D eigenvalue weighted by atomic mass is 10.1. The zero-order valence-electron chi connectivity index (χ0n) is 16.2. The maximum atomic E-state index is 12.7. The summed E-state index contributed by atoms with van der Waals surface area (Å²) < 4.78 is 38.3. The second-order valence-corrected chi connectivity index (χ2v) is 8.04. The van der Waals surface area contributed by atoms with E-state index < -0.39 is 10.0 Å². The molecule has 3 aromatic rings. The Kier molecular flexibility index (Phi) is 5.88. The van der Waals surface area contributed by atoms with Crippen LogP contribution in [0.15, 0.2) is 58.2 Å². The monoisotopic (exact) mass is 415 g/mol. The summed E-state index contributed by atoms with van der Waals surface area (Å²) in [6.07, 6.45) is 0.374. The predicted molar refractivity (Wildman–Crippen MR) is 109 cm³/mol. The summed E-state index contributed by atoms with van der Waals surface area (Å²) in [7, 11) is -0.855. The fourth-order valence-corrected chi connectivity index (χ4v) is 3.86. The number of nitrogens with one attached hydrogen (secondary N) is 2. The summed E-state index contributed by atoms with van der Waals surface area (Å²) in [5, 5.41) is 6.29. The van der Waals surface area contributed by atoms with Gasteiger partial charge in [0.15, 0.2) is 0 Å². The standard InChI is InChI=1S/C20H21N3O5S/c1-13-10-15(20(24)22-21-13)11-14-4-7-17(8-5-14)29(25,26)23-18-9-6-16(27-2)12-19(18)28-3/h4-10,12,23H,11H2,1-3H3,(H,22,24). The van der Waals surface area contributed by atoms with Crippen LogP contribution in [0.3, 0.4) is 0 Å². The summed E-state index contributed by atoms with van der Waals surface area (Å²) in [4.78, 5) is 12.0. The number of rotatable bonds is 7. The number of ether oxygens (including phenoxy) is 2. The van der Waals surface area contributed by atoms with Crippen molar-refractivity contribution in [2.24, 2.45) is 0 Å². The number of aryl methyl sites for hydroxylation is 1. The van der Waals surface area contributed by atoms with E-state index in [9.17, 15) is 13.2 Å². The van der Waals surface area contributed by atoms with E-state index in [1.165, 1.54) is 26.4 Å². The topological polar surface area (TPSA) is 110 Å². The van der Waals surface area contributed by atoms with Crippen molar-refractivity contribution in [3.8, 4) is 11.5 Å². The van der Waals surface area contributed by atoms with Crippen LogP contribution in [0, 0.1) is 6.92 Å². The van der Waals surface area contributed by atoms with Crippen LogP contribution in [0.1, 0.15) is 16.8 Å². The highest BCUT2D eigenvalue weighted by molar-refractivity contribution is 7.92. The molecule has 152 valence electrons. The van der Waals surface area contributed by atoms with E-state index in [0.29, 0.717) is 34.9 Å². The molecule has 1 heterocycles. The van der Waals surface area contributed by atoms with Crippen LogP contribution in [0.25, 0.3) is 0 Å². The lowest BCUT2D eigenvalue weighted by molar-refractivity contribution is 0.395. The molecule has 3 rings (SSSR count). The van der Waals surface area contributed by atoms with Crippen molar-refractivity contribution in [3.05, 3.63) is 75.7 Å². The van der Waals surface area contributed by atoms with Gasteiger partial charge >= 0.3 is 0 Å². The van der Waals surface area contributed by atoms with E-state index in [1.807, 2.05) is 0 Å².